The summed E-state index contributed by atoms with van der Waals surface area (Å²) in [6, 6.07) is 20.5. The molecule has 0 saturated carbocycles. The number of hydrogen-bond donors (Lipinski definition) is 1. The van der Waals surface area contributed by atoms with Crippen molar-refractivity contribution >= 4 is 32.4 Å². The zero-order chi connectivity index (χ0) is 23.1. The second-order valence-electron chi connectivity index (χ2n) is 7.39. The van der Waals surface area contributed by atoms with Crippen molar-refractivity contribution in [1.29, 1.82) is 0 Å². The molecule has 0 aliphatic rings. The number of amides is 1. The van der Waals surface area contributed by atoms with Crippen molar-refractivity contribution in [3.8, 4) is 11.5 Å². The fraction of sp³-hybridized carbons (Fsp3) is 0.292. The van der Waals surface area contributed by atoms with Gasteiger partial charge in [0.1, 0.15) is 18.1 Å². The Morgan fingerprint density at radius 3 is 2.31 bits per heavy atom. The van der Waals surface area contributed by atoms with Crippen LogP contribution in [0.15, 0.2) is 66.7 Å². The van der Waals surface area contributed by atoms with Gasteiger partial charge in [-0.05, 0) is 53.6 Å². The van der Waals surface area contributed by atoms with Gasteiger partial charge in [0.25, 0.3) is 5.91 Å². The molecule has 0 radical (unpaired) electrons. The van der Waals surface area contributed by atoms with Crippen molar-refractivity contribution in [2.45, 2.75) is 19.4 Å². The van der Waals surface area contributed by atoms with Crippen molar-refractivity contribution in [2.24, 2.45) is 0 Å². The van der Waals surface area contributed by atoms with Gasteiger partial charge in [0.15, 0.2) is 6.10 Å². The van der Waals surface area contributed by atoms with E-state index in [-0.39, 0.29) is 5.91 Å². The molecule has 3 aromatic carbocycles. The molecule has 3 rings (SSSR count). The number of benzene rings is 3. The second-order valence-corrected chi connectivity index (χ2v) is 9.40. The van der Waals surface area contributed by atoms with Crippen LogP contribution >= 0.6 is 0 Å². The van der Waals surface area contributed by atoms with E-state index in [4.69, 9.17) is 9.47 Å². The Kier molecular flexibility index (Phi) is 7.58. The number of fused-ring (bicyclic) bond motifs is 1. The van der Waals surface area contributed by atoms with E-state index >= 15 is 0 Å². The van der Waals surface area contributed by atoms with E-state index in [1.165, 1.54) is 11.4 Å². The highest BCUT2D eigenvalue weighted by molar-refractivity contribution is 7.92. The first-order chi connectivity index (χ1) is 15.3. The van der Waals surface area contributed by atoms with Gasteiger partial charge >= 0.3 is 0 Å². The van der Waals surface area contributed by atoms with E-state index < -0.39 is 16.1 Å². The molecule has 170 valence electrons. The Hall–Kier alpha value is -3.26. The van der Waals surface area contributed by atoms with Gasteiger partial charge in [-0.15, -0.1) is 0 Å². The Morgan fingerprint density at radius 1 is 1.00 bits per heavy atom. The molecule has 0 bridgehead atoms. The molecule has 1 unspecified atom stereocenters. The lowest BCUT2D eigenvalue weighted by Crippen LogP contribution is -2.39. The smallest absolute Gasteiger partial charge is 0.261 e. The van der Waals surface area contributed by atoms with Gasteiger partial charge in [-0.3, -0.25) is 9.10 Å². The molecule has 0 aliphatic carbocycles. The molecule has 0 fully saturated rings. The molecule has 1 N–H and O–H groups in total. The average Bonchev–Trinajstić information content (AvgIpc) is 2.79. The SMILES string of the molecule is CCC(Oc1ccc(N(C)S(C)(=O)=O)cc1)C(=O)NCCOc1ccc2ccccc2c1. The number of anilines is 1. The summed E-state index contributed by atoms with van der Waals surface area (Å²) < 4.78 is 36.0. The second kappa shape index (κ2) is 10.4. The summed E-state index contributed by atoms with van der Waals surface area (Å²) in [7, 11) is -1.86. The zero-order valence-corrected chi connectivity index (χ0v) is 19.3. The first kappa shape index (κ1) is 23.4. The molecule has 0 aliphatic heterocycles. The van der Waals surface area contributed by atoms with E-state index in [0.717, 1.165) is 22.8 Å². The van der Waals surface area contributed by atoms with Crippen molar-refractivity contribution < 1.29 is 22.7 Å². The van der Waals surface area contributed by atoms with E-state index in [1.807, 2.05) is 49.4 Å². The molecule has 0 saturated heterocycles. The molecular formula is C24H28N2O5S. The molecule has 8 heteroatoms. The van der Waals surface area contributed by atoms with E-state index in [1.54, 1.807) is 24.3 Å². The Balaban J connectivity index is 1.48. The maximum absolute atomic E-state index is 12.5. The number of sulfonamides is 1. The summed E-state index contributed by atoms with van der Waals surface area (Å²) in [5.41, 5.74) is 0.517. The quantitative estimate of drug-likeness (QED) is 0.471. The van der Waals surface area contributed by atoms with Crippen LogP contribution in [0, 0.1) is 0 Å². The van der Waals surface area contributed by atoms with Crippen LogP contribution in [0.1, 0.15) is 13.3 Å². The number of rotatable bonds is 10. The summed E-state index contributed by atoms with van der Waals surface area (Å²) in [6.45, 7) is 2.55. The third-order valence-electron chi connectivity index (χ3n) is 5.03. The molecule has 7 nitrogen and oxygen atoms in total. The maximum atomic E-state index is 12.5. The normalized spacial score (nSPS) is 12.2. The number of hydrogen-bond acceptors (Lipinski definition) is 5. The lowest BCUT2D eigenvalue weighted by molar-refractivity contribution is -0.128. The summed E-state index contributed by atoms with van der Waals surface area (Å²) >= 11 is 0. The van der Waals surface area contributed by atoms with Crippen LogP contribution in [0.2, 0.25) is 0 Å². The predicted molar refractivity (Wildman–Crippen MR) is 127 cm³/mol. The first-order valence-electron chi connectivity index (χ1n) is 10.4. The fourth-order valence-corrected chi connectivity index (χ4v) is 3.63. The molecule has 1 amide bonds. The van der Waals surface area contributed by atoms with Gasteiger partial charge < -0.3 is 14.8 Å². The van der Waals surface area contributed by atoms with Gasteiger partial charge in [0.05, 0.1) is 18.5 Å². The standard InChI is InChI=1S/C24H28N2O5S/c1-4-23(31-21-13-10-20(11-14-21)26(2)32(3,28)29)24(27)25-15-16-30-22-12-9-18-7-5-6-8-19(18)17-22/h5-14,17,23H,4,15-16H2,1-3H3,(H,25,27). The third kappa shape index (κ3) is 6.13. The Bertz CT molecular complexity index is 1160. The minimum atomic E-state index is -3.34. The number of carbonyl (C=O) groups excluding carboxylic acids is 1. The highest BCUT2D eigenvalue weighted by Crippen LogP contribution is 2.22. The van der Waals surface area contributed by atoms with Crippen molar-refractivity contribution in [2.75, 3.05) is 30.8 Å². The van der Waals surface area contributed by atoms with Gasteiger partial charge in [-0.1, -0.05) is 37.3 Å². The molecule has 3 aromatic rings. The topological polar surface area (TPSA) is 84.9 Å². The molecular weight excluding hydrogens is 428 g/mol. The highest BCUT2D eigenvalue weighted by atomic mass is 32.2. The van der Waals surface area contributed by atoms with Crippen LogP contribution in [-0.2, 0) is 14.8 Å². The van der Waals surface area contributed by atoms with Gasteiger partial charge in [0.2, 0.25) is 10.0 Å². The van der Waals surface area contributed by atoms with Crippen LogP contribution < -0.4 is 19.1 Å². The van der Waals surface area contributed by atoms with Crippen molar-refractivity contribution in [3.63, 3.8) is 0 Å². The monoisotopic (exact) mass is 456 g/mol. The van der Waals surface area contributed by atoms with Gasteiger partial charge in [-0.25, -0.2) is 8.42 Å². The largest absolute Gasteiger partial charge is 0.492 e. The van der Waals surface area contributed by atoms with Crippen LogP contribution in [0.5, 0.6) is 11.5 Å². The summed E-state index contributed by atoms with van der Waals surface area (Å²) in [6.07, 6.45) is 0.968. The number of nitrogens with zero attached hydrogens (tertiary/aromatic N) is 1. The molecule has 0 spiro atoms. The predicted octanol–water partition coefficient (Wildman–Crippen LogP) is 3.59. The molecule has 0 aromatic heterocycles. The summed E-state index contributed by atoms with van der Waals surface area (Å²) in [5.74, 6) is 1.01. The average molecular weight is 457 g/mol. The molecule has 1 atom stereocenters. The summed E-state index contributed by atoms with van der Waals surface area (Å²) in [4.78, 5) is 12.5. The van der Waals surface area contributed by atoms with E-state index in [2.05, 4.69) is 5.32 Å². The lowest BCUT2D eigenvalue weighted by atomic mass is 10.1. The van der Waals surface area contributed by atoms with Crippen molar-refractivity contribution in [3.05, 3.63) is 66.7 Å². The number of nitrogens with one attached hydrogen (secondary N) is 1. The summed E-state index contributed by atoms with van der Waals surface area (Å²) in [5, 5.41) is 5.08. The highest BCUT2D eigenvalue weighted by Gasteiger charge is 2.18. The number of carbonyl (C=O) groups is 1. The third-order valence-corrected chi connectivity index (χ3v) is 6.24. The van der Waals surface area contributed by atoms with Crippen LogP contribution in [-0.4, -0.2) is 46.9 Å². The zero-order valence-electron chi connectivity index (χ0n) is 18.4. The van der Waals surface area contributed by atoms with Crippen molar-refractivity contribution in [1.82, 2.24) is 5.32 Å². The molecule has 32 heavy (non-hydrogen) atoms. The lowest BCUT2D eigenvalue weighted by Gasteiger charge is -2.19. The van der Waals surface area contributed by atoms with Crippen LogP contribution in [0.3, 0.4) is 0 Å². The Labute approximate surface area is 189 Å². The maximum Gasteiger partial charge on any atom is 0.261 e. The van der Waals surface area contributed by atoms with Crippen LogP contribution in [0.4, 0.5) is 5.69 Å². The number of ether oxygens (including phenoxy) is 2. The van der Waals surface area contributed by atoms with Gasteiger partial charge in [0, 0.05) is 7.05 Å². The Morgan fingerprint density at radius 2 is 1.66 bits per heavy atom. The van der Waals surface area contributed by atoms with Gasteiger partial charge in [-0.2, -0.15) is 0 Å². The fourth-order valence-electron chi connectivity index (χ4n) is 3.13. The minimum Gasteiger partial charge on any atom is -0.492 e. The first-order valence-corrected chi connectivity index (χ1v) is 12.2. The minimum absolute atomic E-state index is 0.230. The van der Waals surface area contributed by atoms with E-state index in [0.29, 0.717) is 31.0 Å². The van der Waals surface area contributed by atoms with Crippen LogP contribution in [0.25, 0.3) is 10.8 Å². The van der Waals surface area contributed by atoms with E-state index in [9.17, 15) is 13.2 Å². The molecule has 0 heterocycles.